The number of nitrogens with zero attached hydrogens (tertiary/aromatic N) is 2. The first kappa shape index (κ1) is 14.2. The fourth-order valence-corrected chi connectivity index (χ4v) is 2.24. The summed E-state index contributed by atoms with van der Waals surface area (Å²) in [4.78, 5) is 6.52. The SMILES string of the molecule is CCN1CCOC(CNCc2ccnc(OC)c2)C1. The van der Waals surface area contributed by atoms with Crippen molar-refractivity contribution in [3.63, 3.8) is 0 Å². The Hall–Kier alpha value is -1.17. The second-order valence-corrected chi connectivity index (χ2v) is 4.72. The number of methoxy groups -OCH3 is 1. The summed E-state index contributed by atoms with van der Waals surface area (Å²) in [7, 11) is 1.63. The van der Waals surface area contributed by atoms with Crippen LogP contribution in [0.2, 0.25) is 0 Å². The van der Waals surface area contributed by atoms with E-state index in [0.29, 0.717) is 5.88 Å². The maximum absolute atomic E-state index is 5.75. The molecule has 106 valence electrons. The van der Waals surface area contributed by atoms with E-state index in [1.54, 1.807) is 13.3 Å². The molecule has 1 atom stereocenters. The zero-order valence-corrected chi connectivity index (χ0v) is 11.8. The van der Waals surface area contributed by atoms with Crippen LogP contribution in [-0.2, 0) is 11.3 Å². The predicted octanol–water partition coefficient (Wildman–Crippen LogP) is 0.900. The average Bonchev–Trinajstić information content (AvgIpc) is 2.48. The van der Waals surface area contributed by atoms with E-state index in [2.05, 4.69) is 22.1 Å². The molecule has 1 saturated heterocycles. The number of rotatable bonds is 6. The van der Waals surface area contributed by atoms with Gasteiger partial charge in [0.1, 0.15) is 0 Å². The van der Waals surface area contributed by atoms with Gasteiger partial charge in [0.25, 0.3) is 0 Å². The number of nitrogens with one attached hydrogen (secondary N) is 1. The number of hydrogen-bond donors (Lipinski definition) is 1. The highest BCUT2D eigenvalue weighted by Crippen LogP contribution is 2.08. The van der Waals surface area contributed by atoms with Gasteiger partial charge in [-0.3, -0.25) is 4.90 Å². The molecule has 1 aliphatic rings. The normalized spacial score (nSPS) is 20.4. The molecular formula is C14H23N3O2. The fourth-order valence-electron chi connectivity index (χ4n) is 2.24. The van der Waals surface area contributed by atoms with E-state index in [4.69, 9.17) is 9.47 Å². The van der Waals surface area contributed by atoms with Gasteiger partial charge >= 0.3 is 0 Å². The van der Waals surface area contributed by atoms with Crippen LogP contribution < -0.4 is 10.1 Å². The summed E-state index contributed by atoms with van der Waals surface area (Å²) in [6, 6.07) is 3.95. The molecule has 0 bridgehead atoms. The predicted molar refractivity (Wildman–Crippen MR) is 74.3 cm³/mol. The zero-order chi connectivity index (χ0) is 13.5. The minimum atomic E-state index is 0.289. The van der Waals surface area contributed by atoms with Gasteiger partial charge in [-0.2, -0.15) is 0 Å². The number of hydrogen-bond acceptors (Lipinski definition) is 5. The third kappa shape index (κ3) is 4.45. The molecule has 1 N–H and O–H groups in total. The van der Waals surface area contributed by atoms with Gasteiger partial charge in [0.05, 0.1) is 19.8 Å². The molecule has 1 aliphatic heterocycles. The molecule has 1 aromatic rings. The van der Waals surface area contributed by atoms with E-state index in [9.17, 15) is 0 Å². The minimum Gasteiger partial charge on any atom is -0.481 e. The Morgan fingerprint density at radius 1 is 1.58 bits per heavy atom. The van der Waals surface area contributed by atoms with Gasteiger partial charge in [-0.25, -0.2) is 4.98 Å². The Labute approximate surface area is 114 Å². The maximum Gasteiger partial charge on any atom is 0.213 e. The number of ether oxygens (including phenoxy) is 2. The lowest BCUT2D eigenvalue weighted by molar-refractivity contribution is -0.0253. The van der Waals surface area contributed by atoms with Gasteiger partial charge in [0.2, 0.25) is 5.88 Å². The lowest BCUT2D eigenvalue weighted by Gasteiger charge is -2.32. The quantitative estimate of drug-likeness (QED) is 0.828. The van der Waals surface area contributed by atoms with Crippen molar-refractivity contribution in [2.24, 2.45) is 0 Å². The van der Waals surface area contributed by atoms with Crippen LogP contribution in [0, 0.1) is 0 Å². The van der Waals surface area contributed by atoms with Crippen LogP contribution in [0.1, 0.15) is 12.5 Å². The molecule has 1 unspecified atom stereocenters. The molecule has 5 heteroatoms. The lowest BCUT2D eigenvalue weighted by atomic mass is 10.2. The van der Waals surface area contributed by atoms with E-state index in [-0.39, 0.29) is 6.10 Å². The number of morpholine rings is 1. The van der Waals surface area contributed by atoms with E-state index in [1.165, 1.54) is 5.56 Å². The van der Waals surface area contributed by atoms with Gasteiger partial charge in [0.15, 0.2) is 0 Å². The van der Waals surface area contributed by atoms with Gasteiger partial charge < -0.3 is 14.8 Å². The van der Waals surface area contributed by atoms with Crippen molar-refractivity contribution in [3.05, 3.63) is 23.9 Å². The molecule has 2 heterocycles. The van der Waals surface area contributed by atoms with Crippen LogP contribution in [0.5, 0.6) is 5.88 Å². The molecule has 0 aliphatic carbocycles. The van der Waals surface area contributed by atoms with Crippen LogP contribution in [0.25, 0.3) is 0 Å². The Kier molecular flexibility index (Phi) is 5.57. The Bertz CT molecular complexity index is 387. The van der Waals surface area contributed by atoms with Crippen molar-refractivity contribution in [1.29, 1.82) is 0 Å². The molecule has 1 fully saturated rings. The van der Waals surface area contributed by atoms with Gasteiger partial charge in [-0.1, -0.05) is 6.92 Å². The van der Waals surface area contributed by atoms with Crippen molar-refractivity contribution in [1.82, 2.24) is 15.2 Å². The van der Waals surface area contributed by atoms with Crippen molar-refractivity contribution in [2.75, 3.05) is 39.9 Å². The summed E-state index contributed by atoms with van der Waals surface area (Å²) in [5.41, 5.74) is 1.18. The summed E-state index contributed by atoms with van der Waals surface area (Å²) in [5, 5.41) is 3.43. The van der Waals surface area contributed by atoms with Crippen molar-refractivity contribution < 1.29 is 9.47 Å². The van der Waals surface area contributed by atoms with Gasteiger partial charge in [-0.05, 0) is 18.2 Å². The topological polar surface area (TPSA) is 46.6 Å². The van der Waals surface area contributed by atoms with E-state index in [1.807, 2.05) is 12.1 Å². The molecule has 0 saturated carbocycles. The van der Waals surface area contributed by atoms with Gasteiger partial charge in [-0.15, -0.1) is 0 Å². The molecular weight excluding hydrogens is 242 g/mol. The molecule has 5 nitrogen and oxygen atoms in total. The lowest BCUT2D eigenvalue weighted by Crippen LogP contribution is -2.46. The van der Waals surface area contributed by atoms with E-state index >= 15 is 0 Å². The summed E-state index contributed by atoms with van der Waals surface area (Å²) in [5.74, 6) is 0.658. The zero-order valence-electron chi connectivity index (χ0n) is 11.8. The van der Waals surface area contributed by atoms with E-state index in [0.717, 1.165) is 39.3 Å². The number of likely N-dealkylation sites (N-methyl/N-ethyl adjacent to an activating group) is 1. The van der Waals surface area contributed by atoms with Crippen molar-refractivity contribution in [3.8, 4) is 5.88 Å². The Morgan fingerprint density at radius 3 is 3.26 bits per heavy atom. The second kappa shape index (κ2) is 7.43. The van der Waals surface area contributed by atoms with Crippen LogP contribution in [0.3, 0.4) is 0 Å². The summed E-state index contributed by atoms with van der Waals surface area (Å²) in [6.45, 7) is 7.88. The highest BCUT2D eigenvalue weighted by molar-refractivity contribution is 5.20. The third-order valence-electron chi connectivity index (χ3n) is 3.38. The number of aromatic nitrogens is 1. The van der Waals surface area contributed by atoms with Gasteiger partial charge in [0, 0.05) is 38.4 Å². The fraction of sp³-hybridized carbons (Fsp3) is 0.643. The first-order valence-electron chi connectivity index (χ1n) is 6.85. The minimum absolute atomic E-state index is 0.289. The molecule has 1 aromatic heterocycles. The molecule has 19 heavy (non-hydrogen) atoms. The van der Waals surface area contributed by atoms with Crippen LogP contribution in [0.4, 0.5) is 0 Å². The monoisotopic (exact) mass is 265 g/mol. The van der Waals surface area contributed by atoms with E-state index < -0.39 is 0 Å². The van der Waals surface area contributed by atoms with Crippen molar-refractivity contribution in [2.45, 2.75) is 19.6 Å². The summed E-state index contributed by atoms with van der Waals surface area (Å²) < 4.78 is 10.9. The molecule has 0 radical (unpaired) electrons. The van der Waals surface area contributed by atoms with Crippen molar-refractivity contribution >= 4 is 0 Å². The first-order valence-corrected chi connectivity index (χ1v) is 6.85. The number of pyridine rings is 1. The smallest absolute Gasteiger partial charge is 0.213 e. The molecule has 0 spiro atoms. The maximum atomic E-state index is 5.75. The largest absolute Gasteiger partial charge is 0.481 e. The molecule has 0 amide bonds. The van der Waals surface area contributed by atoms with Crippen LogP contribution in [-0.4, -0.2) is 55.9 Å². The first-order chi connectivity index (χ1) is 9.31. The molecule has 0 aromatic carbocycles. The Morgan fingerprint density at radius 2 is 2.47 bits per heavy atom. The molecule has 2 rings (SSSR count). The highest BCUT2D eigenvalue weighted by atomic mass is 16.5. The Balaban J connectivity index is 1.73. The summed E-state index contributed by atoms with van der Waals surface area (Å²) >= 11 is 0. The summed E-state index contributed by atoms with van der Waals surface area (Å²) in [6.07, 6.45) is 2.06. The highest BCUT2D eigenvalue weighted by Gasteiger charge is 2.18. The average molecular weight is 265 g/mol. The van der Waals surface area contributed by atoms with Crippen LogP contribution >= 0.6 is 0 Å². The second-order valence-electron chi connectivity index (χ2n) is 4.72. The third-order valence-corrected chi connectivity index (χ3v) is 3.38. The van der Waals surface area contributed by atoms with Crippen LogP contribution in [0.15, 0.2) is 18.3 Å². The standard InChI is InChI=1S/C14H23N3O2/c1-3-17-6-7-19-13(11-17)10-15-9-12-4-5-16-14(8-12)18-2/h4-5,8,13,15H,3,6-7,9-11H2,1-2H3.